The summed E-state index contributed by atoms with van der Waals surface area (Å²) in [6.07, 6.45) is 1.50. The maximum atomic E-state index is 12.4. The van der Waals surface area contributed by atoms with Gasteiger partial charge in [0, 0.05) is 0 Å². The molecule has 1 N–H and O–H groups in total. The molecule has 0 aliphatic rings. The van der Waals surface area contributed by atoms with Gasteiger partial charge in [-0.1, -0.05) is 47.5 Å². The highest BCUT2D eigenvalue weighted by atomic mass is 32.2. The van der Waals surface area contributed by atoms with Gasteiger partial charge in [0.05, 0.1) is 11.1 Å². The van der Waals surface area contributed by atoms with Crippen molar-refractivity contribution in [2.24, 2.45) is 5.10 Å². The highest BCUT2D eigenvalue weighted by Crippen LogP contribution is 2.21. The first kappa shape index (κ1) is 16.2. The van der Waals surface area contributed by atoms with E-state index in [1.807, 2.05) is 50.2 Å². The van der Waals surface area contributed by atoms with Crippen LogP contribution in [0.2, 0.25) is 0 Å². The molecule has 0 aromatic heterocycles. The topological polar surface area (TPSA) is 58.5 Å². The summed E-state index contributed by atoms with van der Waals surface area (Å²) in [5, 5.41) is 3.86. The number of aryl methyl sites for hydroxylation is 4. The fourth-order valence-electron chi connectivity index (χ4n) is 2.46. The number of rotatable bonds is 4. The van der Waals surface area contributed by atoms with Gasteiger partial charge < -0.3 is 0 Å². The van der Waals surface area contributed by atoms with E-state index < -0.39 is 10.0 Å². The van der Waals surface area contributed by atoms with Crippen molar-refractivity contribution in [2.45, 2.75) is 32.6 Å². The van der Waals surface area contributed by atoms with Gasteiger partial charge in [-0.25, -0.2) is 4.83 Å². The number of sulfonamides is 1. The van der Waals surface area contributed by atoms with Crippen LogP contribution in [0.3, 0.4) is 0 Å². The van der Waals surface area contributed by atoms with E-state index in [9.17, 15) is 8.42 Å². The zero-order valence-corrected chi connectivity index (χ0v) is 14.0. The maximum Gasteiger partial charge on any atom is 0.277 e. The van der Waals surface area contributed by atoms with Crippen LogP contribution >= 0.6 is 0 Å². The minimum Gasteiger partial charge on any atom is -0.200 e. The number of benzene rings is 2. The Labute approximate surface area is 131 Å². The van der Waals surface area contributed by atoms with Crippen molar-refractivity contribution in [3.8, 4) is 0 Å². The quantitative estimate of drug-likeness (QED) is 0.695. The van der Waals surface area contributed by atoms with E-state index in [4.69, 9.17) is 0 Å². The number of hydrogen-bond donors (Lipinski definition) is 1. The van der Waals surface area contributed by atoms with Crippen molar-refractivity contribution >= 4 is 16.2 Å². The largest absolute Gasteiger partial charge is 0.277 e. The normalized spacial score (nSPS) is 11.8. The Morgan fingerprint density at radius 1 is 0.909 bits per heavy atom. The minimum absolute atomic E-state index is 0.291. The van der Waals surface area contributed by atoms with Gasteiger partial charge in [-0.2, -0.15) is 13.5 Å². The van der Waals surface area contributed by atoms with E-state index in [0.29, 0.717) is 4.90 Å². The zero-order valence-electron chi connectivity index (χ0n) is 13.2. The highest BCUT2D eigenvalue weighted by Gasteiger charge is 2.18. The summed E-state index contributed by atoms with van der Waals surface area (Å²) in [6.45, 7) is 7.52. The van der Waals surface area contributed by atoms with Gasteiger partial charge in [0.25, 0.3) is 10.0 Å². The van der Waals surface area contributed by atoms with Crippen LogP contribution in [0.5, 0.6) is 0 Å². The van der Waals surface area contributed by atoms with Crippen LogP contribution in [0.4, 0.5) is 0 Å². The Bertz CT molecular complexity index is 784. The van der Waals surface area contributed by atoms with Gasteiger partial charge in [-0.15, -0.1) is 0 Å². The van der Waals surface area contributed by atoms with Gasteiger partial charge in [0.2, 0.25) is 0 Å². The lowest BCUT2D eigenvalue weighted by molar-refractivity contribution is 0.583. The Balaban J connectivity index is 2.23. The lowest BCUT2D eigenvalue weighted by Gasteiger charge is -2.11. The summed E-state index contributed by atoms with van der Waals surface area (Å²) < 4.78 is 24.8. The predicted octanol–water partition coefficient (Wildman–Crippen LogP) is 3.23. The third-order valence-electron chi connectivity index (χ3n) is 3.34. The Morgan fingerprint density at radius 3 is 2.00 bits per heavy atom. The first-order chi connectivity index (χ1) is 10.3. The average Bonchev–Trinajstić information content (AvgIpc) is 2.39. The summed E-state index contributed by atoms with van der Waals surface area (Å²) in [6, 6.07) is 11.4. The number of hydrogen-bond acceptors (Lipinski definition) is 3. The molecule has 0 aliphatic carbocycles. The number of nitrogens with zero attached hydrogens (tertiary/aromatic N) is 1. The van der Waals surface area contributed by atoms with Gasteiger partial charge in [0.15, 0.2) is 0 Å². The molecule has 4 nitrogen and oxygen atoms in total. The lowest BCUT2D eigenvalue weighted by Crippen LogP contribution is -2.20. The number of hydrazone groups is 1. The monoisotopic (exact) mass is 316 g/mol. The molecule has 0 heterocycles. The van der Waals surface area contributed by atoms with Crippen molar-refractivity contribution in [1.82, 2.24) is 4.83 Å². The van der Waals surface area contributed by atoms with E-state index in [1.165, 1.54) is 6.21 Å². The van der Waals surface area contributed by atoms with Crippen LogP contribution in [0, 0.1) is 27.7 Å². The van der Waals surface area contributed by atoms with Crippen molar-refractivity contribution in [3.05, 3.63) is 64.2 Å². The predicted molar refractivity (Wildman–Crippen MR) is 89.7 cm³/mol. The second-order valence-electron chi connectivity index (χ2n) is 5.49. The SMILES string of the molecule is Cc1ccc(/C=N/NS(=O)(=O)c2c(C)cc(C)cc2C)cc1. The Morgan fingerprint density at radius 2 is 1.45 bits per heavy atom. The van der Waals surface area contributed by atoms with Crippen LogP contribution in [-0.2, 0) is 10.0 Å². The molecule has 0 saturated heterocycles. The molecule has 0 saturated carbocycles. The second kappa shape index (κ2) is 6.32. The molecule has 22 heavy (non-hydrogen) atoms. The summed E-state index contributed by atoms with van der Waals surface area (Å²) in [4.78, 5) is 2.57. The van der Waals surface area contributed by atoms with Gasteiger partial charge in [-0.3, -0.25) is 0 Å². The average molecular weight is 316 g/mol. The molecule has 0 unspecified atom stereocenters. The summed E-state index contributed by atoms with van der Waals surface area (Å²) in [5.41, 5.74) is 4.46. The van der Waals surface area contributed by atoms with Crippen molar-refractivity contribution < 1.29 is 8.42 Å². The summed E-state index contributed by atoms with van der Waals surface area (Å²) >= 11 is 0. The minimum atomic E-state index is -3.66. The van der Waals surface area contributed by atoms with Crippen molar-refractivity contribution in [2.75, 3.05) is 0 Å². The molecule has 0 atom stereocenters. The molecule has 2 aromatic rings. The fourth-order valence-corrected chi connectivity index (χ4v) is 3.71. The maximum absolute atomic E-state index is 12.4. The first-order valence-electron chi connectivity index (χ1n) is 6.99. The van der Waals surface area contributed by atoms with Crippen LogP contribution in [0.1, 0.15) is 27.8 Å². The molecule has 116 valence electrons. The van der Waals surface area contributed by atoms with Gasteiger partial charge in [0.1, 0.15) is 0 Å². The Hall–Kier alpha value is -2.14. The molecule has 0 fully saturated rings. The first-order valence-corrected chi connectivity index (χ1v) is 8.47. The molecule has 2 rings (SSSR count). The molecule has 0 aliphatic heterocycles. The molecule has 0 amide bonds. The third kappa shape index (κ3) is 3.74. The van der Waals surface area contributed by atoms with Crippen LogP contribution in [-0.4, -0.2) is 14.6 Å². The molecular formula is C17H20N2O2S. The third-order valence-corrected chi connectivity index (χ3v) is 4.86. The Kier molecular flexibility index (Phi) is 4.66. The molecule has 0 radical (unpaired) electrons. The summed E-state index contributed by atoms with van der Waals surface area (Å²) in [5.74, 6) is 0. The van der Waals surface area contributed by atoms with E-state index in [0.717, 1.165) is 27.8 Å². The van der Waals surface area contributed by atoms with Gasteiger partial charge >= 0.3 is 0 Å². The van der Waals surface area contributed by atoms with Crippen LogP contribution < -0.4 is 4.83 Å². The second-order valence-corrected chi connectivity index (χ2v) is 7.09. The zero-order chi connectivity index (χ0) is 16.3. The smallest absolute Gasteiger partial charge is 0.200 e. The number of nitrogens with one attached hydrogen (secondary N) is 1. The van der Waals surface area contributed by atoms with E-state index in [1.54, 1.807) is 13.8 Å². The van der Waals surface area contributed by atoms with E-state index >= 15 is 0 Å². The van der Waals surface area contributed by atoms with Crippen molar-refractivity contribution in [3.63, 3.8) is 0 Å². The lowest BCUT2D eigenvalue weighted by atomic mass is 10.1. The van der Waals surface area contributed by atoms with E-state index in [2.05, 4.69) is 9.93 Å². The molecule has 0 spiro atoms. The van der Waals surface area contributed by atoms with E-state index in [-0.39, 0.29) is 0 Å². The fraction of sp³-hybridized carbons (Fsp3) is 0.235. The van der Waals surface area contributed by atoms with Crippen LogP contribution in [0.25, 0.3) is 0 Å². The molecule has 5 heteroatoms. The molecule has 0 bridgehead atoms. The van der Waals surface area contributed by atoms with Crippen molar-refractivity contribution in [1.29, 1.82) is 0 Å². The summed E-state index contributed by atoms with van der Waals surface area (Å²) in [7, 11) is -3.66. The molecular weight excluding hydrogens is 296 g/mol. The highest BCUT2D eigenvalue weighted by molar-refractivity contribution is 7.89. The molecule has 2 aromatic carbocycles. The van der Waals surface area contributed by atoms with Crippen LogP contribution in [0.15, 0.2) is 46.4 Å². The van der Waals surface area contributed by atoms with Gasteiger partial charge in [-0.05, 0) is 44.4 Å². The standard InChI is InChI=1S/C17H20N2O2S/c1-12-5-7-16(8-6-12)11-18-19-22(20,21)17-14(3)9-13(2)10-15(17)4/h5-11,19H,1-4H3/b18-11+.